The van der Waals surface area contributed by atoms with Crippen molar-refractivity contribution in [3.8, 4) is 16.9 Å². The SMILES string of the molecule is Cn1cc(-c2ccn(-c3ccccc3C(=O)O)n2)c(C2CC2)cc1=O. The van der Waals surface area contributed by atoms with E-state index in [9.17, 15) is 14.7 Å². The van der Waals surface area contributed by atoms with Gasteiger partial charge in [0.25, 0.3) is 5.56 Å². The Labute approximate surface area is 144 Å². The Morgan fingerprint density at radius 1 is 1.24 bits per heavy atom. The van der Waals surface area contributed by atoms with Crippen LogP contribution in [-0.2, 0) is 7.05 Å². The van der Waals surface area contributed by atoms with Crippen molar-refractivity contribution in [3.63, 3.8) is 0 Å². The van der Waals surface area contributed by atoms with E-state index >= 15 is 0 Å². The molecule has 0 unspecified atom stereocenters. The Hall–Kier alpha value is -3.15. The van der Waals surface area contributed by atoms with Crippen molar-refractivity contribution in [1.82, 2.24) is 14.3 Å². The molecule has 1 aliphatic carbocycles. The smallest absolute Gasteiger partial charge is 0.337 e. The van der Waals surface area contributed by atoms with Crippen LogP contribution in [0.2, 0.25) is 0 Å². The number of nitrogens with zero attached hydrogens (tertiary/aromatic N) is 3. The van der Waals surface area contributed by atoms with Crippen molar-refractivity contribution in [1.29, 1.82) is 0 Å². The van der Waals surface area contributed by atoms with Crippen molar-refractivity contribution in [3.05, 3.63) is 70.3 Å². The molecule has 0 aliphatic heterocycles. The molecule has 2 heterocycles. The lowest BCUT2D eigenvalue weighted by Gasteiger charge is -2.09. The topological polar surface area (TPSA) is 77.1 Å². The summed E-state index contributed by atoms with van der Waals surface area (Å²) in [4.78, 5) is 23.4. The Kier molecular flexibility index (Phi) is 3.53. The molecule has 4 rings (SSSR count). The summed E-state index contributed by atoms with van der Waals surface area (Å²) in [5, 5.41) is 13.9. The van der Waals surface area contributed by atoms with E-state index in [-0.39, 0.29) is 11.1 Å². The minimum atomic E-state index is -0.992. The fourth-order valence-corrected chi connectivity index (χ4v) is 3.05. The van der Waals surface area contributed by atoms with Crippen LogP contribution in [0, 0.1) is 0 Å². The van der Waals surface area contributed by atoms with Crippen molar-refractivity contribution in [2.75, 3.05) is 0 Å². The minimum absolute atomic E-state index is 0.0266. The fourth-order valence-electron chi connectivity index (χ4n) is 3.05. The monoisotopic (exact) mass is 335 g/mol. The van der Waals surface area contributed by atoms with Crippen LogP contribution in [0.4, 0.5) is 0 Å². The van der Waals surface area contributed by atoms with Crippen LogP contribution in [-0.4, -0.2) is 25.4 Å². The van der Waals surface area contributed by atoms with Crippen molar-refractivity contribution >= 4 is 5.97 Å². The third-order valence-corrected chi connectivity index (χ3v) is 4.52. The zero-order valence-electron chi connectivity index (χ0n) is 13.7. The van der Waals surface area contributed by atoms with Crippen LogP contribution in [0.5, 0.6) is 0 Å². The lowest BCUT2D eigenvalue weighted by Crippen LogP contribution is -2.16. The molecule has 0 atom stereocenters. The molecule has 0 spiro atoms. The molecule has 1 N–H and O–H groups in total. The molecule has 1 aromatic carbocycles. The molecule has 1 saturated carbocycles. The summed E-state index contributed by atoms with van der Waals surface area (Å²) >= 11 is 0. The molecule has 0 saturated heterocycles. The van der Waals surface area contributed by atoms with Crippen LogP contribution in [0.1, 0.15) is 34.7 Å². The Balaban J connectivity index is 1.82. The molecule has 1 aliphatic rings. The molecular weight excluding hydrogens is 318 g/mol. The van der Waals surface area contributed by atoms with Crippen molar-refractivity contribution < 1.29 is 9.90 Å². The normalized spacial score (nSPS) is 13.8. The molecule has 0 bridgehead atoms. The number of hydrogen-bond donors (Lipinski definition) is 1. The summed E-state index contributed by atoms with van der Waals surface area (Å²) in [6.45, 7) is 0. The van der Waals surface area contributed by atoms with Gasteiger partial charge in [0.05, 0.1) is 16.9 Å². The second-order valence-electron chi connectivity index (χ2n) is 6.33. The molecule has 2 aromatic heterocycles. The highest BCUT2D eigenvalue weighted by atomic mass is 16.4. The van der Waals surface area contributed by atoms with Gasteiger partial charge in [-0.3, -0.25) is 4.79 Å². The first-order valence-electron chi connectivity index (χ1n) is 8.14. The molecule has 0 amide bonds. The zero-order chi connectivity index (χ0) is 17.6. The quantitative estimate of drug-likeness (QED) is 0.795. The van der Waals surface area contributed by atoms with E-state index in [1.165, 1.54) is 0 Å². The van der Waals surface area contributed by atoms with Crippen LogP contribution < -0.4 is 5.56 Å². The van der Waals surface area contributed by atoms with E-state index in [4.69, 9.17) is 0 Å². The van der Waals surface area contributed by atoms with Gasteiger partial charge in [-0.25, -0.2) is 9.48 Å². The van der Waals surface area contributed by atoms with Gasteiger partial charge >= 0.3 is 5.97 Å². The molecule has 6 heteroatoms. The highest BCUT2D eigenvalue weighted by molar-refractivity contribution is 5.91. The van der Waals surface area contributed by atoms with E-state index in [0.717, 1.165) is 29.7 Å². The van der Waals surface area contributed by atoms with Crippen LogP contribution in [0.25, 0.3) is 16.9 Å². The summed E-state index contributed by atoms with van der Waals surface area (Å²) < 4.78 is 3.12. The average Bonchev–Trinajstić information content (AvgIpc) is 3.33. The second-order valence-corrected chi connectivity index (χ2v) is 6.33. The maximum absolute atomic E-state index is 12.0. The third-order valence-electron chi connectivity index (χ3n) is 4.52. The van der Waals surface area contributed by atoms with Gasteiger partial charge in [0.15, 0.2) is 0 Å². The van der Waals surface area contributed by atoms with E-state index in [1.807, 2.05) is 12.3 Å². The molecular formula is C19H17N3O3. The lowest BCUT2D eigenvalue weighted by molar-refractivity contribution is 0.0696. The van der Waals surface area contributed by atoms with Gasteiger partial charge in [-0.2, -0.15) is 5.10 Å². The van der Waals surface area contributed by atoms with Crippen molar-refractivity contribution in [2.24, 2.45) is 7.05 Å². The van der Waals surface area contributed by atoms with Crippen molar-refractivity contribution in [2.45, 2.75) is 18.8 Å². The van der Waals surface area contributed by atoms with E-state index in [1.54, 1.807) is 52.8 Å². The largest absolute Gasteiger partial charge is 0.478 e. The van der Waals surface area contributed by atoms with Gasteiger partial charge in [-0.1, -0.05) is 12.1 Å². The first-order chi connectivity index (χ1) is 12.0. The summed E-state index contributed by atoms with van der Waals surface area (Å²) in [5.74, 6) is -0.575. The number of hydrogen-bond acceptors (Lipinski definition) is 3. The van der Waals surface area contributed by atoms with Crippen LogP contribution in [0.15, 0.2) is 53.6 Å². The number of carboxylic acids is 1. The van der Waals surface area contributed by atoms with Gasteiger partial charge < -0.3 is 9.67 Å². The average molecular weight is 335 g/mol. The molecule has 126 valence electrons. The van der Waals surface area contributed by atoms with Gasteiger partial charge in [-0.15, -0.1) is 0 Å². The number of rotatable bonds is 4. The number of pyridine rings is 1. The van der Waals surface area contributed by atoms with E-state index in [0.29, 0.717) is 11.6 Å². The van der Waals surface area contributed by atoms with E-state index < -0.39 is 5.97 Å². The number of aryl methyl sites for hydroxylation is 1. The van der Waals surface area contributed by atoms with Gasteiger partial charge in [0.1, 0.15) is 0 Å². The predicted molar refractivity (Wildman–Crippen MR) is 93.2 cm³/mol. The highest BCUT2D eigenvalue weighted by Crippen LogP contribution is 2.43. The number of benzene rings is 1. The maximum Gasteiger partial charge on any atom is 0.337 e. The Morgan fingerprint density at radius 2 is 2.00 bits per heavy atom. The summed E-state index contributed by atoms with van der Waals surface area (Å²) in [6, 6.07) is 10.3. The standard InChI is InChI=1S/C19H17N3O3/c1-21-11-15(14(10-18(21)23)12-6-7-12)16-8-9-22(20-16)17-5-3-2-4-13(17)19(24)25/h2-5,8-12H,6-7H2,1H3,(H,24,25). The number of carboxylic acid groups (broad SMARTS) is 1. The number of carbonyl (C=O) groups is 1. The summed E-state index contributed by atoms with van der Waals surface area (Å²) in [5.41, 5.74) is 3.37. The van der Waals surface area contributed by atoms with Gasteiger partial charge in [0, 0.05) is 31.1 Å². The molecule has 3 aromatic rings. The number of aromatic nitrogens is 3. The predicted octanol–water partition coefficient (Wildman–Crippen LogP) is 2.81. The Morgan fingerprint density at radius 3 is 2.72 bits per heavy atom. The van der Waals surface area contributed by atoms with Gasteiger partial charge in [0.2, 0.25) is 0 Å². The maximum atomic E-state index is 12.0. The summed E-state index contributed by atoms with van der Waals surface area (Å²) in [6.07, 6.45) is 5.73. The minimum Gasteiger partial charge on any atom is -0.478 e. The highest BCUT2D eigenvalue weighted by Gasteiger charge is 2.28. The number of para-hydroxylation sites is 1. The second kappa shape index (κ2) is 5.73. The van der Waals surface area contributed by atoms with E-state index in [2.05, 4.69) is 5.10 Å². The van der Waals surface area contributed by atoms with Crippen LogP contribution in [0.3, 0.4) is 0 Å². The molecule has 6 nitrogen and oxygen atoms in total. The fraction of sp³-hybridized carbons (Fsp3) is 0.211. The first kappa shape index (κ1) is 15.4. The molecule has 1 fully saturated rings. The molecule has 25 heavy (non-hydrogen) atoms. The van der Waals surface area contributed by atoms with Crippen LogP contribution >= 0.6 is 0 Å². The number of aromatic carboxylic acids is 1. The third kappa shape index (κ3) is 2.76. The lowest BCUT2D eigenvalue weighted by atomic mass is 10.0. The summed E-state index contributed by atoms with van der Waals surface area (Å²) in [7, 11) is 1.72. The van der Waals surface area contributed by atoms with Gasteiger partial charge in [-0.05, 0) is 42.5 Å². The zero-order valence-corrected chi connectivity index (χ0v) is 13.7. The first-order valence-corrected chi connectivity index (χ1v) is 8.14. The molecule has 0 radical (unpaired) electrons. The Bertz CT molecular complexity index is 1030.